The van der Waals surface area contributed by atoms with Crippen molar-refractivity contribution in [3.8, 4) is 17.3 Å². The number of aryl methyl sites for hydroxylation is 2. The van der Waals surface area contributed by atoms with E-state index in [-0.39, 0.29) is 28.2 Å². The van der Waals surface area contributed by atoms with Crippen molar-refractivity contribution in [2.24, 2.45) is 0 Å². The predicted octanol–water partition coefficient (Wildman–Crippen LogP) is 5.14. The minimum atomic E-state index is -4.53. The number of H-pyrrole nitrogens is 1. The number of halogens is 3. The molecule has 0 aliphatic heterocycles. The molecule has 0 spiro atoms. The zero-order valence-electron chi connectivity index (χ0n) is 16.7. The molecule has 0 aliphatic carbocycles. The third-order valence-electron chi connectivity index (χ3n) is 4.96. The van der Waals surface area contributed by atoms with Crippen LogP contribution in [0.15, 0.2) is 42.9 Å². The predicted molar refractivity (Wildman–Crippen MR) is 110 cm³/mol. The molecule has 0 atom stereocenters. The number of alkyl halides is 3. The van der Waals surface area contributed by atoms with Crippen molar-refractivity contribution in [3.63, 3.8) is 0 Å². The Morgan fingerprint density at radius 2 is 1.94 bits per heavy atom. The minimum Gasteiger partial charge on any atom is -0.350 e. The van der Waals surface area contributed by atoms with Crippen LogP contribution >= 0.6 is 0 Å². The Kier molecular flexibility index (Phi) is 5.07. The minimum absolute atomic E-state index is 0.149. The molecule has 9 heteroatoms. The van der Waals surface area contributed by atoms with E-state index in [0.717, 1.165) is 29.0 Å². The van der Waals surface area contributed by atoms with Crippen molar-refractivity contribution < 1.29 is 13.2 Å². The monoisotopic (exact) mass is 422 g/mol. The second-order valence-electron chi connectivity index (χ2n) is 7.17. The summed E-state index contributed by atoms with van der Waals surface area (Å²) in [6.45, 7) is 4.46. The highest BCUT2D eigenvalue weighted by atomic mass is 19.4. The smallest absolute Gasteiger partial charge is 0.350 e. The molecule has 0 unspecified atom stereocenters. The highest BCUT2D eigenvalue weighted by Crippen LogP contribution is 2.34. The second kappa shape index (κ2) is 7.72. The number of benzene rings is 1. The quantitative estimate of drug-likeness (QED) is 0.475. The van der Waals surface area contributed by atoms with Gasteiger partial charge in [-0.25, -0.2) is 15.0 Å². The van der Waals surface area contributed by atoms with Gasteiger partial charge in [0.2, 0.25) is 5.95 Å². The highest BCUT2D eigenvalue weighted by Gasteiger charge is 2.31. The molecule has 0 fully saturated rings. The summed E-state index contributed by atoms with van der Waals surface area (Å²) in [7, 11) is 0. The van der Waals surface area contributed by atoms with Gasteiger partial charge in [-0.1, -0.05) is 23.8 Å². The van der Waals surface area contributed by atoms with Gasteiger partial charge in [0.25, 0.3) is 0 Å². The van der Waals surface area contributed by atoms with E-state index < -0.39 is 11.7 Å². The number of anilines is 1. The van der Waals surface area contributed by atoms with Crippen LogP contribution in [0.4, 0.5) is 19.1 Å². The molecule has 156 valence electrons. The standard InChI is InChI=1S/C22H17F3N6/c1-12-3-4-13(2)14(5-12)8-29-21-30-9-15(7-26)19(31-21)18-11-28-20-17(18)6-16(10-27-20)22(23,24)25/h3-6,9-11H,8H2,1-2H3,(H,27,28)(H,29,30,31). The van der Waals surface area contributed by atoms with Crippen LogP contribution in [0.3, 0.4) is 0 Å². The summed E-state index contributed by atoms with van der Waals surface area (Å²) in [6.07, 6.45) is -0.911. The Hall–Kier alpha value is -3.93. The van der Waals surface area contributed by atoms with Crippen molar-refractivity contribution in [1.82, 2.24) is 19.9 Å². The molecule has 2 N–H and O–H groups in total. The fourth-order valence-corrected chi connectivity index (χ4v) is 3.27. The summed E-state index contributed by atoms with van der Waals surface area (Å²) in [5.74, 6) is 0.268. The fraction of sp³-hybridized carbons (Fsp3) is 0.182. The number of hydrogen-bond acceptors (Lipinski definition) is 5. The van der Waals surface area contributed by atoms with Crippen LogP contribution in [0.2, 0.25) is 0 Å². The number of nitrogens with zero attached hydrogens (tertiary/aromatic N) is 4. The normalized spacial score (nSPS) is 11.5. The Balaban J connectivity index is 1.73. The van der Waals surface area contributed by atoms with Crippen molar-refractivity contribution in [2.75, 3.05) is 5.32 Å². The Labute approximate surface area is 175 Å². The van der Waals surface area contributed by atoms with Gasteiger partial charge in [-0.15, -0.1) is 0 Å². The second-order valence-corrected chi connectivity index (χ2v) is 7.17. The first kappa shape index (κ1) is 20.3. The molecule has 0 saturated heterocycles. The Bertz CT molecular complexity index is 1320. The molecule has 4 aromatic rings. The van der Waals surface area contributed by atoms with Crippen LogP contribution < -0.4 is 5.32 Å². The van der Waals surface area contributed by atoms with Crippen LogP contribution in [0.5, 0.6) is 0 Å². The lowest BCUT2D eigenvalue weighted by Crippen LogP contribution is -2.07. The summed E-state index contributed by atoms with van der Waals surface area (Å²) < 4.78 is 39.5. The molecule has 0 saturated carbocycles. The molecule has 4 rings (SSSR count). The van der Waals surface area contributed by atoms with Crippen LogP contribution in [-0.2, 0) is 12.7 Å². The maximum Gasteiger partial charge on any atom is 0.417 e. The molecule has 6 nitrogen and oxygen atoms in total. The van der Waals surface area contributed by atoms with Gasteiger partial charge in [0.15, 0.2) is 0 Å². The molecule has 3 aromatic heterocycles. The first-order valence-electron chi connectivity index (χ1n) is 9.38. The molecule has 0 bridgehead atoms. The third-order valence-corrected chi connectivity index (χ3v) is 4.96. The Morgan fingerprint density at radius 1 is 1.13 bits per heavy atom. The average Bonchev–Trinajstić information content (AvgIpc) is 3.16. The average molecular weight is 422 g/mol. The van der Waals surface area contributed by atoms with Crippen molar-refractivity contribution in [2.45, 2.75) is 26.6 Å². The molecule has 31 heavy (non-hydrogen) atoms. The first-order valence-corrected chi connectivity index (χ1v) is 9.38. The maximum absolute atomic E-state index is 13.2. The van der Waals surface area contributed by atoms with Gasteiger partial charge >= 0.3 is 6.18 Å². The van der Waals surface area contributed by atoms with E-state index in [1.165, 1.54) is 12.4 Å². The van der Waals surface area contributed by atoms with Crippen molar-refractivity contribution in [3.05, 3.63) is 70.7 Å². The lowest BCUT2D eigenvalue weighted by atomic mass is 10.1. The Morgan fingerprint density at radius 3 is 2.68 bits per heavy atom. The highest BCUT2D eigenvalue weighted by molar-refractivity contribution is 5.94. The summed E-state index contributed by atoms with van der Waals surface area (Å²) >= 11 is 0. The largest absolute Gasteiger partial charge is 0.417 e. The number of hydrogen-bond donors (Lipinski definition) is 2. The molecular weight excluding hydrogens is 405 g/mol. The van der Waals surface area contributed by atoms with E-state index >= 15 is 0 Å². The number of pyridine rings is 1. The van der Waals surface area contributed by atoms with E-state index in [4.69, 9.17) is 0 Å². The van der Waals surface area contributed by atoms with Gasteiger partial charge in [-0.05, 0) is 31.0 Å². The molecule has 0 aliphatic rings. The number of aromatic nitrogens is 4. The molecule has 0 amide bonds. The van der Waals surface area contributed by atoms with Gasteiger partial charge in [-0.3, -0.25) is 0 Å². The number of nitriles is 1. The fourth-order valence-electron chi connectivity index (χ4n) is 3.27. The first-order chi connectivity index (χ1) is 14.8. The van der Waals surface area contributed by atoms with Crippen LogP contribution in [-0.4, -0.2) is 19.9 Å². The lowest BCUT2D eigenvalue weighted by molar-refractivity contribution is -0.137. The van der Waals surface area contributed by atoms with Gasteiger partial charge in [-0.2, -0.15) is 18.4 Å². The van der Waals surface area contributed by atoms with E-state index in [1.54, 1.807) is 0 Å². The maximum atomic E-state index is 13.2. The molecular formula is C22H17F3N6. The number of fused-ring (bicyclic) bond motifs is 1. The molecule has 0 radical (unpaired) electrons. The number of aromatic amines is 1. The SMILES string of the molecule is Cc1ccc(C)c(CNc2ncc(C#N)c(-c3c[nH]c4ncc(C(F)(F)F)cc34)n2)c1. The number of rotatable bonds is 4. The van der Waals surface area contributed by atoms with Gasteiger partial charge in [0, 0.05) is 29.9 Å². The zero-order chi connectivity index (χ0) is 22.2. The van der Waals surface area contributed by atoms with Crippen molar-refractivity contribution in [1.29, 1.82) is 5.26 Å². The zero-order valence-corrected chi connectivity index (χ0v) is 16.7. The third kappa shape index (κ3) is 4.05. The van der Waals surface area contributed by atoms with Crippen molar-refractivity contribution >= 4 is 17.0 Å². The number of nitrogens with one attached hydrogen (secondary N) is 2. The lowest BCUT2D eigenvalue weighted by Gasteiger charge is -2.11. The summed E-state index contributed by atoms with van der Waals surface area (Å²) in [6, 6.07) is 9.10. The molecule has 1 aromatic carbocycles. The van der Waals surface area contributed by atoms with Gasteiger partial charge in [0.1, 0.15) is 11.7 Å². The molecule has 3 heterocycles. The summed E-state index contributed by atoms with van der Waals surface area (Å²) in [5.41, 5.74) is 3.42. The van der Waals surface area contributed by atoms with Crippen LogP contribution in [0.25, 0.3) is 22.3 Å². The summed E-state index contributed by atoms with van der Waals surface area (Å²) in [5, 5.41) is 12.8. The topological polar surface area (TPSA) is 90.3 Å². The van der Waals surface area contributed by atoms with E-state index in [1.807, 2.05) is 32.0 Å². The van der Waals surface area contributed by atoms with Crippen LogP contribution in [0.1, 0.15) is 27.8 Å². The van der Waals surface area contributed by atoms with Crippen LogP contribution in [0, 0.1) is 25.2 Å². The van der Waals surface area contributed by atoms with E-state index in [2.05, 4.69) is 31.3 Å². The summed E-state index contributed by atoms with van der Waals surface area (Å²) in [4.78, 5) is 15.3. The van der Waals surface area contributed by atoms with E-state index in [0.29, 0.717) is 12.1 Å². The van der Waals surface area contributed by atoms with Gasteiger partial charge < -0.3 is 10.3 Å². The van der Waals surface area contributed by atoms with Gasteiger partial charge in [0.05, 0.1) is 23.0 Å². The van der Waals surface area contributed by atoms with E-state index in [9.17, 15) is 18.4 Å².